The zero-order valence-corrected chi connectivity index (χ0v) is 6.69. The van der Waals surface area contributed by atoms with Gasteiger partial charge in [-0.15, -0.1) is 0 Å². The second kappa shape index (κ2) is 5.34. The normalized spacial score (nSPS) is 14.8. The third-order valence-electron chi connectivity index (χ3n) is 1.18. The van der Waals surface area contributed by atoms with Crippen molar-refractivity contribution >= 4 is 0 Å². The summed E-state index contributed by atoms with van der Waals surface area (Å²) in [5.41, 5.74) is 0. The number of alkyl halides is 3. The third kappa shape index (κ3) is 6.38. The number of hydrogen-bond donors (Lipinski definition) is 2. The van der Waals surface area contributed by atoms with Gasteiger partial charge in [-0.3, -0.25) is 0 Å². The van der Waals surface area contributed by atoms with Gasteiger partial charge in [-0.2, -0.15) is 13.2 Å². The topological polar surface area (TPSA) is 41.5 Å². The zero-order chi connectivity index (χ0) is 9.61. The molecule has 0 amide bonds. The summed E-state index contributed by atoms with van der Waals surface area (Å²) >= 11 is 0. The fourth-order valence-electron chi connectivity index (χ4n) is 0.637. The number of ether oxygens (including phenoxy) is 1. The van der Waals surface area contributed by atoms with Crippen LogP contribution in [0, 0.1) is 0 Å². The molecule has 0 heterocycles. The van der Waals surface area contributed by atoms with Crippen molar-refractivity contribution in [3.63, 3.8) is 0 Å². The van der Waals surface area contributed by atoms with Gasteiger partial charge in [-0.25, -0.2) is 0 Å². The van der Waals surface area contributed by atoms with Crippen molar-refractivity contribution in [3.8, 4) is 0 Å². The molecule has 2 N–H and O–H groups in total. The third-order valence-corrected chi connectivity index (χ3v) is 1.18. The summed E-state index contributed by atoms with van der Waals surface area (Å²) in [4.78, 5) is 0. The molecule has 0 bridgehead atoms. The van der Waals surface area contributed by atoms with Crippen LogP contribution in [-0.4, -0.2) is 44.2 Å². The van der Waals surface area contributed by atoms with E-state index in [0.29, 0.717) is 0 Å². The first-order valence-corrected chi connectivity index (χ1v) is 3.39. The van der Waals surface area contributed by atoms with Crippen molar-refractivity contribution < 1.29 is 23.0 Å². The fraction of sp³-hybridized carbons (Fsp3) is 1.00. The molecule has 0 aromatic carbocycles. The van der Waals surface area contributed by atoms with E-state index in [-0.39, 0.29) is 13.2 Å². The lowest BCUT2D eigenvalue weighted by molar-refractivity contribution is -0.127. The molecular formula is C6H12F3NO2. The first-order valence-electron chi connectivity index (χ1n) is 3.39. The van der Waals surface area contributed by atoms with Crippen molar-refractivity contribution in [1.82, 2.24) is 5.32 Å². The number of aliphatic hydroxyl groups is 1. The van der Waals surface area contributed by atoms with Crippen LogP contribution in [0.1, 0.15) is 0 Å². The lowest BCUT2D eigenvalue weighted by atomic mass is 10.3. The largest absolute Gasteiger partial charge is 0.401 e. The predicted octanol–water partition coefficient (Wildman–Crippen LogP) is 0.146. The summed E-state index contributed by atoms with van der Waals surface area (Å²) < 4.78 is 39.4. The summed E-state index contributed by atoms with van der Waals surface area (Å²) in [5.74, 6) is 0. The Morgan fingerprint density at radius 2 is 2.08 bits per heavy atom. The monoisotopic (exact) mass is 187 g/mol. The molecule has 0 spiro atoms. The number of halogens is 3. The Hall–Kier alpha value is -0.330. The van der Waals surface area contributed by atoms with Gasteiger partial charge >= 0.3 is 6.18 Å². The summed E-state index contributed by atoms with van der Waals surface area (Å²) in [7, 11) is 1.36. The standard InChI is InChI=1S/C6H12F3NO2/c1-12-3-5(2-11)10-4-6(7,8)9/h5,10-11H,2-4H2,1H3. The first kappa shape index (κ1) is 11.7. The number of rotatable bonds is 5. The predicted molar refractivity (Wildman–Crippen MR) is 36.8 cm³/mol. The number of nitrogens with one attached hydrogen (secondary N) is 1. The maximum absolute atomic E-state index is 11.6. The molecular weight excluding hydrogens is 175 g/mol. The van der Waals surface area contributed by atoms with E-state index >= 15 is 0 Å². The quantitative estimate of drug-likeness (QED) is 0.643. The van der Waals surface area contributed by atoms with E-state index in [1.807, 2.05) is 0 Å². The number of methoxy groups -OCH3 is 1. The molecule has 0 saturated carbocycles. The van der Waals surface area contributed by atoms with Crippen molar-refractivity contribution in [3.05, 3.63) is 0 Å². The van der Waals surface area contributed by atoms with Gasteiger partial charge in [-0.05, 0) is 0 Å². The molecule has 0 saturated heterocycles. The Kier molecular flexibility index (Phi) is 5.19. The average Bonchev–Trinajstić information content (AvgIpc) is 1.96. The molecule has 1 atom stereocenters. The molecule has 0 rings (SSSR count). The maximum atomic E-state index is 11.6. The second-order valence-corrected chi connectivity index (χ2v) is 2.33. The minimum absolute atomic E-state index is 0.0621. The highest BCUT2D eigenvalue weighted by Gasteiger charge is 2.27. The highest BCUT2D eigenvalue weighted by atomic mass is 19.4. The molecule has 0 aliphatic heterocycles. The van der Waals surface area contributed by atoms with Gasteiger partial charge in [0.15, 0.2) is 0 Å². The van der Waals surface area contributed by atoms with Gasteiger partial charge < -0.3 is 15.2 Å². The van der Waals surface area contributed by atoms with Gasteiger partial charge in [-0.1, -0.05) is 0 Å². The smallest absolute Gasteiger partial charge is 0.395 e. The molecule has 0 fully saturated rings. The highest BCUT2D eigenvalue weighted by Crippen LogP contribution is 2.12. The van der Waals surface area contributed by atoms with Crippen LogP contribution >= 0.6 is 0 Å². The maximum Gasteiger partial charge on any atom is 0.401 e. The van der Waals surface area contributed by atoms with Crippen LogP contribution in [0.15, 0.2) is 0 Å². The van der Waals surface area contributed by atoms with Crippen LogP contribution in [0.4, 0.5) is 13.2 Å². The van der Waals surface area contributed by atoms with E-state index in [4.69, 9.17) is 5.11 Å². The van der Waals surface area contributed by atoms with Crippen molar-refractivity contribution in [2.24, 2.45) is 0 Å². The lowest BCUT2D eigenvalue weighted by Gasteiger charge is -2.16. The van der Waals surface area contributed by atoms with E-state index in [1.54, 1.807) is 0 Å². The van der Waals surface area contributed by atoms with Crippen LogP contribution in [0.3, 0.4) is 0 Å². The second-order valence-electron chi connectivity index (χ2n) is 2.33. The van der Waals surface area contributed by atoms with E-state index in [1.165, 1.54) is 7.11 Å². The highest BCUT2D eigenvalue weighted by molar-refractivity contribution is 4.66. The number of hydrogen-bond acceptors (Lipinski definition) is 3. The molecule has 1 unspecified atom stereocenters. The molecule has 0 aliphatic carbocycles. The molecule has 74 valence electrons. The molecule has 12 heavy (non-hydrogen) atoms. The van der Waals surface area contributed by atoms with Crippen molar-refractivity contribution in [2.45, 2.75) is 12.2 Å². The molecule has 0 aliphatic rings. The van der Waals surface area contributed by atoms with E-state index in [0.717, 1.165) is 0 Å². The Bertz CT molecular complexity index is 118. The molecule has 3 nitrogen and oxygen atoms in total. The molecule has 6 heteroatoms. The fourth-order valence-corrected chi connectivity index (χ4v) is 0.637. The molecule has 0 aromatic heterocycles. The Morgan fingerprint density at radius 3 is 2.42 bits per heavy atom. The Morgan fingerprint density at radius 1 is 1.50 bits per heavy atom. The minimum atomic E-state index is -4.25. The van der Waals surface area contributed by atoms with E-state index in [2.05, 4.69) is 10.1 Å². The SMILES string of the molecule is COCC(CO)NCC(F)(F)F. The van der Waals surface area contributed by atoms with Crippen LogP contribution < -0.4 is 5.32 Å². The van der Waals surface area contributed by atoms with Crippen molar-refractivity contribution in [2.75, 3.05) is 26.9 Å². The van der Waals surface area contributed by atoms with Gasteiger partial charge in [0.25, 0.3) is 0 Å². The average molecular weight is 187 g/mol. The summed E-state index contributed by atoms with van der Waals surface area (Å²) in [6.07, 6.45) is -4.25. The molecule has 0 aromatic rings. The number of aliphatic hydroxyl groups excluding tert-OH is 1. The summed E-state index contributed by atoms with van der Waals surface area (Å²) in [6.45, 7) is -1.42. The lowest BCUT2D eigenvalue weighted by Crippen LogP contribution is -2.41. The van der Waals surface area contributed by atoms with Crippen LogP contribution in [0.2, 0.25) is 0 Å². The van der Waals surface area contributed by atoms with Gasteiger partial charge in [0, 0.05) is 7.11 Å². The van der Waals surface area contributed by atoms with Crippen LogP contribution in [0.25, 0.3) is 0 Å². The van der Waals surface area contributed by atoms with Crippen LogP contribution in [0.5, 0.6) is 0 Å². The Balaban J connectivity index is 3.58. The van der Waals surface area contributed by atoms with Crippen molar-refractivity contribution in [1.29, 1.82) is 0 Å². The first-order chi connectivity index (χ1) is 5.49. The Labute approximate surface area is 68.5 Å². The van der Waals surface area contributed by atoms with E-state index < -0.39 is 18.8 Å². The minimum Gasteiger partial charge on any atom is -0.395 e. The van der Waals surface area contributed by atoms with E-state index in [9.17, 15) is 13.2 Å². The summed E-state index contributed by atoms with van der Waals surface area (Å²) in [5, 5.41) is 10.7. The summed E-state index contributed by atoms with van der Waals surface area (Å²) in [6, 6.07) is -0.656. The molecule has 0 radical (unpaired) electrons. The van der Waals surface area contributed by atoms with Crippen LogP contribution in [-0.2, 0) is 4.74 Å². The van der Waals surface area contributed by atoms with Gasteiger partial charge in [0.1, 0.15) is 0 Å². The van der Waals surface area contributed by atoms with Gasteiger partial charge in [0.05, 0.1) is 25.8 Å². The van der Waals surface area contributed by atoms with Gasteiger partial charge in [0.2, 0.25) is 0 Å². The zero-order valence-electron chi connectivity index (χ0n) is 6.69.